The topological polar surface area (TPSA) is 81.1 Å². The number of carboxylic acids is 1. The highest BCUT2D eigenvalue weighted by atomic mass is 19.1. The van der Waals surface area contributed by atoms with Gasteiger partial charge >= 0.3 is 12.0 Å². The van der Waals surface area contributed by atoms with E-state index in [0.717, 1.165) is 4.90 Å². The van der Waals surface area contributed by atoms with E-state index in [2.05, 4.69) is 0 Å². The summed E-state index contributed by atoms with van der Waals surface area (Å²) < 4.78 is 13.0. The molecule has 7 heteroatoms. The molecule has 2 rings (SSSR count). The minimum absolute atomic E-state index is 0.0159. The van der Waals surface area contributed by atoms with Crippen LogP contribution in [0.4, 0.5) is 14.9 Å². The van der Waals surface area contributed by atoms with Gasteiger partial charge in [-0.1, -0.05) is 0 Å². The molecule has 1 aromatic rings. The maximum atomic E-state index is 13.0. The van der Waals surface area contributed by atoms with Crippen LogP contribution in [0.5, 0.6) is 0 Å². The van der Waals surface area contributed by atoms with Gasteiger partial charge in [0.15, 0.2) is 0 Å². The number of β-amino-alcohol motifs (C(OH)–C–C–N with tert-alkyl or cyclic N) is 1. The van der Waals surface area contributed by atoms with Crippen molar-refractivity contribution in [3.05, 3.63) is 30.1 Å². The molecule has 114 valence electrons. The van der Waals surface area contributed by atoms with Crippen LogP contribution >= 0.6 is 0 Å². The lowest BCUT2D eigenvalue weighted by Gasteiger charge is -2.29. The quantitative estimate of drug-likeness (QED) is 0.880. The molecule has 0 radical (unpaired) electrons. The van der Waals surface area contributed by atoms with E-state index in [0.29, 0.717) is 12.2 Å². The number of rotatable bonds is 3. The van der Waals surface area contributed by atoms with E-state index in [-0.39, 0.29) is 13.0 Å². The summed E-state index contributed by atoms with van der Waals surface area (Å²) in [5.41, 5.74) is 0.481. The molecule has 2 N–H and O–H groups in total. The number of amides is 2. The summed E-state index contributed by atoms with van der Waals surface area (Å²) in [4.78, 5) is 26.2. The Morgan fingerprint density at radius 3 is 2.52 bits per heavy atom. The number of anilines is 1. The first-order chi connectivity index (χ1) is 9.93. The summed E-state index contributed by atoms with van der Waals surface area (Å²) in [5.74, 6) is -1.56. The number of aliphatic hydroxyl groups is 1. The number of nitrogens with zero attached hydrogens (tertiary/aromatic N) is 2. The molecule has 0 bridgehead atoms. The zero-order chi connectivity index (χ0) is 15.6. The maximum absolute atomic E-state index is 13.0. The third kappa shape index (κ3) is 3.13. The summed E-state index contributed by atoms with van der Waals surface area (Å²) in [6, 6.07) is 3.84. The number of halogens is 1. The first kappa shape index (κ1) is 15.2. The van der Waals surface area contributed by atoms with Gasteiger partial charge in [-0.2, -0.15) is 0 Å². The van der Waals surface area contributed by atoms with Crippen LogP contribution < -0.4 is 4.90 Å². The zero-order valence-corrected chi connectivity index (χ0v) is 11.6. The highest BCUT2D eigenvalue weighted by Crippen LogP contribution is 2.23. The van der Waals surface area contributed by atoms with Crippen molar-refractivity contribution >= 4 is 17.7 Å². The van der Waals surface area contributed by atoms with Crippen LogP contribution in [-0.2, 0) is 4.79 Å². The lowest BCUT2D eigenvalue weighted by Crippen LogP contribution is -2.48. The molecule has 0 aliphatic carbocycles. The van der Waals surface area contributed by atoms with Crippen molar-refractivity contribution < 1.29 is 24.2 Å². The van der Waals surface area contributed by atoms with Crippen LogP contribution in [0.1, 0.15) is 13.3 Å². The Hall–Kier alpha value is -2.15. The number of hydrogen-bond donors (Lipinski definition) is 2. The molecule has 0 aromatic heterocycles. The van der Waals surface area contributed by atoms with E-state index < -0.39 is 30.0 Å². The lowest BCUT2D eigenvalue weighted by molar-refractivity contribution is -0.141. The van der Waals surface area contributed by atoms with Crippen LogP contribution in [0.25, 0.3) is 0 Å². The number of urea groups is 1. The lowest BCUT2D eigenvalue weighted by atomic mass is 10.2. The number of hydrogen-bond acceptors (Lipinski definition) is 3. The number of carboxylic acid groups (broad SMARTS) is 1. The van der Waals surface area contributed by atoms with Gasteiger partial charge in [-0.25, -0.2) is 14.0 Å². The van der Waals surface area contributed by atoms with Crippen LogP contribution in [-0.4, -0.2) is 52.3 Å². The second-order valence-electron chi connectivity index (χ2n) is 4.90. The molecule has 2 atom stereocenters. The molecule has 0 spiro atoms. The van der Waals surface area contributed by atoms with E-state index in [1.165, 1.54) is 29.2 Å². The summed E-state index contributed by atoms with van der Waals surface area (Å²) in [6.07, 6.45) is -0.829. The molecule has 1 aliphatic rings. The number of benzene rings is 1. The standard InChI is InChI=1S/C14H17FN2O4/c1-2-16(10-5-3-9(15)4-6-10)14(21)17-8-11(18)7-12(17)13(19)20/h3-6,11-12,18H,2,7-8H2,1H3,(H,19,20)/t11?,12-/m0/s1. The summed E-state index contributed by atoms with van der Waals surface area (Å²) in [7, 11) is 0. The van der Waals surface area contributed by atoms with Gasteiger partial charge in [-0.15, -0.1) is 0 Å². The molecule has 0 saturated carbocycles. The Morgan fingerprint density at radius 2 is 2.00 bits per heavy atom. The van der Waals surface area contributed by atoms with Crippen LogP contribution in [0.15, 0.2) is 24.3 Å². The first-order valence-electron chi connectivity index (χ1n) is 6.68. The summed E-state index contributed by atoms with van der Waals surface area (Å²) >= 11 is 0. The van der Waals surface area contributed by atoms with Crippen molar-refractivity contribution in [2.24, 2.45) is 0 Å². The van der Waals surface area contributed by atoms with Gasteiger partial charge in [0, 0.05) is 25.2 Å². The fourth-order valence-electron chi connectivity index (χ4n) is 2.46. The summed E-state index contributed by atoms with van der Waals surface area (Å²) in [5, 5.41) is 18.7. The van der Waals surface area contributed by atoms with Crippen LogP contribution in [0.3, 0.4) is 0 Å². The van der Waals surface area contributed by atoms with Gasteiger partial charge in [-0.3, -0.25) is 4.90 Å². The molecule has 1 unspecified atom stereocenters. The molecule has 1 saturated heterocycles. The van der Waals surface area contributed by atoms with Crippen molar-refractivity contribution in [2.45, 2.75) is 25.5 Å². The minimum Gasteiger partial charge on any atom is -0.480 e. The Kier molecular flexibility index (Phi) is 4.42. The number of aliphatic carboxylic acids is 1. The van der Waals surface area contributed by atoms with E-state index in [1.54, 1.807) is 6.92 Å². The largest absolute Gasteiger partial charge is 0.480 e. The van der Waals surface area contributed by atoms with Gasteiger partial charge in [-0.05, 0) is 31.2 Å². The Morgan fingerprint density at radius 1 is 1.38 bits per heavy atom. The van der Waals surface area contributed by atoms with Crippen LogP contribution in [0, 0.1) is 5.82 Å². The molecular weight excluding hydrogens is 279 g/mol. The maximum Gasteiger partial charge on any atom is 0.326 e. The molecular formula is C14H17FN2O4. The second-order valence-corrected chi connectivity index (χ2v) is 4.90. The average Bonchev–Trinajstić information content (AvgIpc) is 2.84. The number of aliphatic hydroxyl groups excluding tert-OH is 1. The SMILES string of the molecule is CCN(C(=O)N1CC(O)C[C@H]1C(=O)O)c1ccc(F)cc1. The Balaban J connectivity index is 2.23. The molecule has 2 amide bonds. The highest BCUT2D eigenvalue weighted by molar-refractivity contribution is 5.94. The number of carbonyl (C=O) groups excluding carboxylic acids is 1. The third-order valence-corrected chi connectivity index (χ3v) is 3.50. The fourth-order valence-corrected chi connectivity index (χ4v) is 2.46. The first-order valence-corrected chi connectivity index (χ1v) is 6.68. The van der Waals surface area contributed by atoms with Crippen LogP contribution in [0.2, 0.25) is 0 Å². The van der Waals surface area contributed by atoms with Crippen molar-refractivity contribution in [3.8, 4) is 0 Å². The van der Waals surface area contributed by atoms with Gasteiger partial charge in [0.2, 0.25) is 0 Å². The minimum atomic E-state index is -1.14. The monoisotopic (exact) mass is 296 g/mol. The molecule has 21 heavy (non-hydrogen) atoms. The normalized spacial score (nSPS) is 21.4. The van der Waals surface area contributed by atoms with E-state index in [4.69, 9.17) is 5.11 Å². The van der Waals surface area contributed by atoms with Crippen molar-refractivity contribution in [1.29, 1.82) is 0 Å². The van der Waals surface area contributed by atoms with E-state index in [1.807, 2.05) is 0 Å². The molecule has 1 fully saturated rings. The predicted molar refractivity (Wildman–Crippen MR) is 73.6 cm³/mol. The van der Waals surface area contributed by atoms with Gasteiger partial charge in [0.25, 0.3) is 0 Å². The Bertz CT molecular complexity index is 534. The third-order valence-electron chi connectivity index (χ3n) is 3.50. The van der Waals surface area contributed by atoms with Gasteiger partial charge in [0.1, 0.15) is 11.9 Å². The molecule has 1 aromatic carbocycles. The summed E-state index contributed by atoms with van der Waals surface area (Å²) in [6.45, 7) is 2.03. The van der Waals surface area contributed by atoms with Crippen molar-refractivity contribution in [2.75, 3.05) is 18.0 Å². The van der Waals surface area contributed by atoms with Crippen molar-refractivity contribution in [1.82, 2.24) is 4.90 Å². The molecule has 1 aliphatic heterocycles. The van der Waals surface area contributed by atoms with E-state index in [9.17, 15) is 19.1 Å². The van der Waals surface area contributed by atoms with Gasteiger partial charge in [0.05, 0.1) is 6.10 Å². The second kappa shape index (κ2) is 6.09. The Labute approximate surface area is 121 Å². The zero-order valence-electron chi connectivity index (χ0n) is 11.6. The molecule has 1 heterocycles. The fraction of sp³-hybridized carbons (Fsp3) is 0.429. The number of likely N-dealkylation sites (tertiary alicyclic amines) is 1. The smallest absolute Gasteiger partial charge is 0.326 e. The predicted octanol–water partition coefficient (Wildman–Crippen LogP) is 1.29. The van der Waals surface area contributed by atoms with Gasteiger partial charge < -0.3 is 15.1 Å². The molecule has 6 nitrogen and oxygen atoms in total. The number of carbonyl (C=O) groups is 2. The highest BCUT2D eigenvalue weighted by Gasteiger charge is 2.40. The van der Waals surface area contributed by atoms with Crippen molar-refractivity contribution in [3.63, 3.8) is 0 Å². The average molecular weight is 296 g/mol. The van der Waals surface area contributed by atoms with E-state index >= 15 is 0 Å².